The van der Waals surface area contributed by atoms with Crippen molar-refractivity contribution < 1.29 is 106 Å². The van der Waals surface area contributed by atoms with Crippen LogP contribution >= 0.6 is 0 Å². The molecule has 3 heterocycles. The molecule has 0 aromatic heterocycles. The van der Waals surface area contributed by atoms with Crippen LogP contribution in [-0.4, -0.2) is 231 Å². The van der Waals surface area contributed by atoms with Gasteiger partial charge in [-0.2, -0.15) is 0 Å². The Morgan fingerprint density at radius 3 is 1.25 bits per heavy atom. The Balaban J connectivity index is 0.000000383. The third-order valence-electron chi connectivity index (χ3n) is 6.94. The molecule has 0 saturated carbocycles. The van der Waals surface area contributed by atoms with Crippen molar-refractivity contribution in [2.75, 3.05) is 39.6 Å². The Labute approximate surface area is 250 Å². The zero-order valence-corrected chi connectivity index (χ0v) is 23.3. The van der Waals surface area contributed by atoms with Crippen LogP contribution in [0.1, 0.15) is 0 Å². The lowest BCUT2D eigenvalue weighted by Gasteiger charge is -2.41. The fourth-order valence-electron chi connectivity index (χ4n) is 4.06. The molecule has 3 fully saturated rings. The quantitative estimate of drug-likeness (QED) is 0.103. The first-order valence-corrected chi connectivity index (χ1v) is 13.4. The van der Waals surface area contributed by atoms with Gasteiger partial charge in [0.2, 0.25) is 0 Å². The van der Waals surface area contributed by atoms with E-state index >= 15 is 0 Å². The van der Waals surface area contributed by atoms with Gasteiger partial charge in [-0.25, -0.2) is 0 Å². The van der Waals surface area contributed by atoms with Gasteiger partial charge in [0.1, 0.15) is 91.6 Å². The van der Waals surface area contributed by atoms with E-state index < -0.39 is 131 Å². The highest BCUT2D eigenvalue weighted by Gasteiger charge is 2.47. The molecular formula is C23H46O21. The van der Waals surface area contributed by atoms with Crippen LogP contribution in [0.2, 0.25) is 0 Å². The van der Waals surface area contributed by atoms with Crippen molar-refractivity contribution in [3.63, 3.8) is 0 Å². The molecule has 3 saturated heterocycles. The standard InChI is InChI=1S/C12H22O11.C6H12O5.C5H12O5/c13-1-3-5(14)8(17)10(19)12(23-3)21-2-4-6(15)7(16)9(18)11(20)22-4;7-1-3-5(9)6(10)4(2-8)11-3;6-1-3(8)5(10)4(9)2-7/h3-20H,1-2H2;3-10H,1-2H2;3-10H,1-2H2/t;;3-,4+,5?. The first-order chi connectivity index (χ1) is 20.6. The summed E-state index contributed by atoms with van der Waals surface area (Å²) in [5, 5.41) is 154. The van der Waals surface area contributed by atoms with E-state index in [-0.39, 0.29) is 13.2 Å². The lowest BCUT2D eigenvalue weighted by molar-refractivity contribution is -0.325. The number of hydrogen-bond donors (Lipinski definition) is 17. The van der Waals surface area contributed by atoms with Crippen LogP contribution in [0.15, 0.2) is 0 Å². The van der Waals surface area contributed by atoms with E-state index in [1.807, 2.05) is 0 Å². The predicted octanol–water partition coefficient (Wildman–Crippen LogP) is -10.9. The summed E-state index contributed by atoms with van der Waals surface area (Å²) in [6, 6.07) is 0. The molecule has 21 heteroatoms. The van der Waals surface area contributed by atoms with Crippen molar-refractivity contribution in [3.05, 3.63) is 0 Å². The SMILES string of the molecule is OCC1OC(CO)C(O)C1O.OCC1OC(OCC2OC(O)C(O)C(O)C2O)C(O)C(O)C1O.OC[C@@H](O)C(O)[C@@H](O)CO. The van der Waals surface area contributed by atoms with Gasteiger partial charge in [-0.05, 0) is 0 Å². The van der Waals surface area contributed by atoms with E-state index in [0.717, 1.165) is 0 Å². The minimum absolute atomic E-state index is 0.352. The molecule has 21 nitrogen and oxygen atoms in total. The van der Waals surface area contributed by atoms with Gasteiger partial charge >= 0.3 is 0 Å². The average Bonchev–Trinajstić information content (AvgIpc) is 3.32. The lowest BCUT2D eigenvalue weighted by atomic mass is 9.98. The van der Waals surface area contributed by atoms with Crippen LogP contribution in [0.5, 0.6) is 0 Å². The normalized spacial score (nSPS) is 42.8. The van der Waals surface area contributed by atoms with Gasteiger partial charge in [-0.1, -0.05) is 0 Å². The third kappa shape index (κ3) is 10.9. The Bertz CT molecular complexity index is 737. The molecule has 0 radical (unpaired) electrons. The van der Waals surface area contributed by atoms with Crippen LogP contribution in [-0.2, 0) is 18.9 Å². The summed E-state index contributed by atoms with van der Waals surface area (Å²) in [4.78, 5) is 0. The molecule has 17 N–H and O–H groups in total. The van der Waals surface area contributed by atoms with Crippen LogP contribution < -0.4 is 0 Å². The monoisotopic (exact) mass is 658 g/mol. The molecular weight excluding hydrogens is 612 g/mol. The maximum absolute atomic E-state index is 9.78. The van der Waals surface area contributed by atoms with Crippen molar-refractivity contribution in [2.24, 2.45) is 0 Å². The highest BCUT2D eigenvalue weighted by Crippen LogP contribution is 2.25. The van der Waals surface area contributed by atoms with Crippen LogP contribution in [0.25, 0.3) is 0 Å². The molecule has 0 aromatic rings. The molecule has 44 heavy (non-hydrogen) atoms. The number of ether oxygens (including phenoxy) is 4. The smallest absolute Gasteiger partial charge is 0.186 e. The van der Waals surface area contributed by atoms with Crippen molar-refractivity contribution >= 4 is 0 Å². The zero-order chi connectivity index (χ0) is 33.9. The summed E-state index contributed by atoms with van der Waals surface area (Å²) < 4.78 is 20.0. The van der Waals surface area contributed by atoms with Crippen LogP contribution in [0, 0.1) is 0 Å². The average molecular weight is 659 g/mol. The molecule has 264 valence electrons. The van der Waals surface area contributed by atoms with Gasteiger partial charge in [0, 0.05) is 0 Å². The van der Waals surface area contributed by atoms with Gasteiger partial charge in [0.25, 0.3) is 0 Å². The van der Waals surface area contributed by atoms with Gasteiger partial charge < -0.3 is 106 Å². The Hall–Kier alpha value is -0.840. The summed E-state index contributed by atoms with van der Waals surface area (Å²) in [6.07, 6.45) is -23.3. The largest absolute Gasteiger partial charge is 0.394 e. The van der Waals surface area contributed by atoms with Crippen LogP contribution in [0.4, 0.5) is 0 Å². The van der Waals surface area contributed by atoms with E-state index in [1.54, 1.807) is 0 Å². The first-order valence-electron chi connectivity index (χ1n) is 13.4. The molecule has 17 atom stereocenters. The Morgan fingerprint density at radius 2 is 0.841 bits per heavy atom. The minimum atomic E-state index is -1.74. The second-order valence-corrected chi connectivity index (χ2v) is 10.1. The molecule has 0 amide bonds. The van der Waals surface area contributed by atoms with Gasteiger partial charge in [0.15, 0.2) is 12.6 Å². The van der Waals surface area contributed by atoms with E-state index in [9.17, 15) is 35.7 Å². The van der Waals surface area contributed by atoms with Gasteiger partial charge in [-0.15, -0.1) is 0 Å². The second kappa shape index (κ2) is 19.7. The molecule has 3 aliphatic rings. The van der Waals surface area contributed by atoms with Crippen molar-refractivity contribution in [3.8, 4) is 0 Å². The molecule has 0 spiro atoms. The number of aliphatic hydroxyl groups is 17. The molecule has 0 aromatic carbocycles. The summed E-state index contributed by atoms with van der Waals surface area (Å²) in [7, 11) is 0. The van der Waals surface area contributed by atoms with E-state index in [2.05, 4.69) is 0 Å². The highest BCUT2D eigenvalue weighted by molar-refractivity contribution is 4.91. The van der Waals surface area contributed by atoms with Crippen LogP contribution in [0.3, 0.4) is 0 Å². The summed E-state index contributed by atoms with van der Waals surface area (Å²) in [5.74, 6) is 0. The zero-order valence-electron chi connectivity index (χ0n) is 23.3. The Morgan fingerprint density at radius 1 is 0.455 bits per heavy atom. The fraction of sp³-hybridized carbons (Fsp3) is 1.00. The number of rotatable bonds is 10. The van der Waals surface area contributed by atoms with Gasteiger partial charge in [0.05, 0.1) is 39.6 Å². The number of hydrogen-bond acceptors (Lipinski definition) is 21. The predicted molar refractivity (Wildman–Crippen MR) is 136 cm³/mol. The molecule has 0 aliphatic carbocycles. The molecule has 15 unspecified atom stereocenters. The van der Waals surface area contributed by atoms with E-state index in [1.165, 1.54) is 0 Å². The topological polar surface area (TPSA) is 381 Å². The van der Waals surface area contributed by atoms with E-state index in [0.29, 0.717) is 0 Å². The summed E-state index contributed by atoms with van der Waals surface area (Å²) in [6.45, 7) is -3.08. The summed E-state index contributed by atoms with van der Waals surface area (Å²) in [5.41, 5.74) is 0. The summed E-state index contributed by atoms with van der Waals surface area (Å²) >= 11 is 0. The van der Waals surface area contributed by atoms with Crippen molar-refractivity contribution in [2.45, 2.75) is 104 Å². The highest BCUT2D eigenvalue weighted by atomic mass is 16.7. The number of aliphatic hydroxyl groups excluding tert-OH is 17. The molecule has 0 bridgehead atoms. The molecule has 3 aliphatic heterocycles. The third-order valence-corrected chi connectivity index (χ3v) is 6.94. The first kappa shape index (κ1) is 41.2. The van der Waals surface area contributed by atoms with Crippen molar-refractivity contribution in [1.82, 2.24) is 0 Å². The van der Waals surface area contributed by atoms with Crippen molar-refractivity contribution in [1.29, 1.82) is 0 Å². The van der Waals surface area contributed by atoms with Gasteiger partial charge in [-0.3, -0.25) is 0 Å². The van der Waals surface area contributed by atoms with E-state index in [4.69, 9.17) is 70.0 Å². The Kier molecular flexibility index (Phi) is 18.5. The minimum Gasteiger partial charge on any atom is -0.394 e. The second-order valence-electron chi connectivity index (χ2n) is 10.1. The maximum atomic E-state index is 9.78. The lowest BCUT2D eigenvalue weighted by Crippen LogP contribution is -2.61. The molecule has 3 rings (SSSR count). The maximum Gasteiger partial charge on any atom is 0.186 e. The fourth-order valence-corrected chi connectivity index (χ4v) is 4.06.